The number of carbonyl (C=O) groups is 2. The van der Waals surface area contributed by atoms with Crippen molar-refractivity contribution >= 4 is 11.9 Å². The number of halogens is 3. The Bertz CT molecular complexity index is 248. The number of hydrogen-bond acceptors (Lipinski definition) is 4. The first-order valence-corrected chi connectivity index (χ1v) is 3.33. The standard InChI is InChI=1S/C6H8F3NO4/c1-5(13,3(10)11)2-14-4(12)6(7,8)9/h13H,2H2,1H3,(H2,10,11). The van der Waals surface area contributed by atoms with E-state index in [9.17, 15) is 22.8 Å². The van der Waals surface area contributed by atoms with E-state index in [0.29, 0.717) is 0 Å². The molecule has 14 heavy (non-hydrogen) atoms. The molecule has 0 saturated carbocycles. The molecule has 1 atom stereocenters. The third-order valence-electron chi connectivity index (χ3n) is 1.25. The van der Waals surface area contributed by atoms with Crippen LogP contribution in [0.2, 0.25) is 0 Å². The smallest absolute Gasteiger partial charge is 0.455 e. The van der Waals surface area contributed by atoms with E-state index in [1.54, 1.807) is 0 Å². The number of ether oxygens (including phenoxy) is 1. The van der Waals surface area contributed by atoms with Crippen molar-refractivity contribution in [3.63, 3.8) is 0 Å². The Kier molecular flexibility index (Phi) is 3.47. The molecule has 0 saturated heterocycles. The minimum Gasteiger partial charge on any atom is -0.455 e. The highest BCUT2D eigenvalue weighted by atomic mass is 19.4. The molecule has 0 bridgehead atoms. The number of esters is 1. The zero-order valence-electron chi connectivity index (χ0n) is 7.09. The van der Waals surface area contributed by atoms with E-state index in [4.69, 9.17) is 5.11 Å². The first-order chi connectivity index (χ1) is 6.07. The number of carbonyl (C=O) groups excluding carboxylic acids is 2. The molecule has 5 nitrogen and oxygen atoms in total. The lowest BCUT2D eigenvalue weighted by atomic mass is 10.1. The van der Waals surface area contributed by atoms with Crippen LogP contribution in [0.1, 0.15) is 6.92 Å². The van der Waals surface area contributed by atoms with Crippen LogP contribution in [0.4, 0.5) is 13.2 Å². The van der Waals surface area contributed by atoms with Gasteiger partial charge in [0.05, 0.1) is 0 Å². The zero-order chi connectivity index (χ0) is 11.6. The third-order valence-corrected chi connectivity index (χ3v) is 1.25. The van der Waals surface area contributed by atoms with Crippen LogP contribution in [-0.4, -0.2) is 35.4 Å². The number of nitrogens with two attached hydrogens (primary N) is 1. The fourth-order valence-corrected chi connectivity index (χ4v) is 0.359. The summed E-state index contributed by atoms with van der Waals surface area (Å²) in [5, 5.41) is 8.99. The van der Waals surface area contributed by atoms with Crippen LogP contribution in [0.5, 0.6) is 0 Å². The molecule has 0 aromatic carbocycles. The lowest BCUT2D eigenvalue weighted by Gasteiger charge is -2.18. The van der Waals surface area contributed by atoms with Crippen molar-refractivity contribution in [3.8, 4) is 0 Å². The van der Waals surface area contributed by atoms with Gasteiger partial charge in [-0.1, -0.05) is 0 Å². The molecule has 0 aliphatic rings. The van der Waals surface area contributed by atoms with Crippen LogP contribution in [0.25, 0.3) is 0 Å². The third kappa shape index (κ3) is 3.60. The Labute approximate surface area is 76.6 Å². The Morgan fingerprint density at radius 1 is 1.43 bits per heavy atom. The topological polar surface area (TPSA) is 89.6 Å². The van der Waals surface area contributed by atoms with Crippen molar-refractivity contribution in [2.75, 3.05) is 6.61 Å². The number of aliphatic hydroxyl groups is 1. The van der Waals surface area contributed by atoms with Gasteiger partial charge in [0.2, 0.25) is 0 Å². The van der Waals surface area contributed by atoms with Crippen molar-refractivity contribution in [2.24, 2.45) is 5.73 Å². The molecule has 82 valence electrons. The van der Waals surface area contributed by atoms with E-state index >= 15 is 0 Å². The first-order valence-electron chi connectivity index (χ1n) is 3.33. The SMILES string of the molecule is CC(O)(COC(=O)C(F)(F)F)C(N)=O. The summed E-state index contributed by atoms with van der Waals surface area (Å²) in [6, 6.07) is 0. The van der Waals surface area contributed by atoms with Crippen molar-refractivity contribution in [2.45, 2.75) is 18.7 Å². The average molecular weight is 215 g/mol. The summed E-state index contributed by atoms with van der Waals surface area (Å²) < 4.78 is 38.3. The molecule has 1 unspecified atom stereocenters. The number of rotatable bonds is 3. The van der Waals surface area contributed by atoms with Crippen LogP contribution in [0.3, 0.4) is 0 Å². The van der Waals surface area contributed by atoms with Crippen LogP contribution < -0.4 is 5.73 Å². The second-order valence-electron chi connectivity index (χ2n) is 2.71. The minimum absolute atomic E-state index is 0.832. The van der Waals surface area contributed by atoms with Gasteiger partial charge in [0.1, 0.15) is 6.61 Å². The molecule has 1 amide bonds. The van der Waals surface area contributed by atoms with Gasteiger partial charge in [-0.2, -0.15) is 13.2 Å². The molecular formula is C6H8F3NO4. The molecule has 0 aromatic heterocycles. The highest BCUT2D eigenvalue weighted by Gasteiger charge is 2.42. The maximum atomic E-state index is 11.6. The number of amides is 1. The Morgan fingerprint density at radius 3 is 2.14 bits per heavy atom. The minimum atomic E-state index is -5.16. The van der Waals surface area contributed by atoms with Crippen molar-refractivity contribution in [1.29, 1.82) is 0 Å². The summed E-state index contributed by atoms with van der Waals surface area (Å²) in [6.45, 7) is -0.306. The van der Waals surface area contributed by atoms with Crippen LogP contribution >= 0.6 is 0 Å². The highest BCUT2D eigenvalue weighted by Crippen LogP contribution is 2.17. The van der Waals surface area contributed by atoms with Gasteiger partial charge < -0.3 is 15.6 Å². The van der Waals surface area contributed by atoms with Gasteiger partial charge in [0.25, 0.3) is 5.91 Å². The van der Waals surface area contributed by atoms with E-state index in [0.717, 1.165) is 6.92 Å². The molecule has 0 rings (SSSR count). The monoisotopic (exact) mass is 215 g/mol. The summed E-state index contributed by atoms with van der Waals surface area (Å²) in [6.07, 6.45) is -5.16. The molecule has 0 aliphatic heterocycles. The van der Waals surface area contributed by atoms with E-state index < -0.39 is 30.3 Å². The average Bonchev–Trinajstić information content (AvgIpc) is 1.98. The maximum absolute atomic E-state index is 11.6. The van der Waals surface area contributed by atoms with Gasteiger partial charge in [-0.15, -0.1) is 0 Å². The molecule has 0 aliphatic carbocycles. The molecular weight excluding hydrogens is 207 g/mol. The Hall–Kier alpha value is -1.31. The van der Waals surface area contributed by atoms with Gasteiger partial charge in [-0.05, 0) is 6.92 Å². The molecule has 0 heterocycles. The van der Waals surface area contributed by atoms with Crippen molar-refractivity contribution in [3.05, 3.63) is 0 Å². The molecule has 0 spiro atoms. The summed E-state index contributed by atoms with van der Waals surface area (Å²) in [7, 11) is 0. The molecule has 0 fully saturated rings. The second kappa shape index (κ2) is 3.82. The summed E-state index contributed by atoms with van der Waals surface area (Å²) in [4.78, 5) is 20.5. The molecule has 3 N–H and O–H groups in total. The van der Waals surface area contributed by atoms with Gasteiger partial charge in [0, 0.05) is 0 Å². The number of alkyl halides is 3. The quantitative estimate of drug-likeness (QED) is 0.611. The Balaban J connectivity index is 4.21. The zero-order valence-corrected chi connectivity index (χ0v) is 7.09. The summed E-state index contributed by atoms with van der Waals surface area (Å²) in [5.74, 6) is -3.77. The number of primary amides is 1. The van der Waals surface area contributed by atoms with E-state index in [2.05, 4.69) is 10.5 Å². The lowest BCUT2D eigenvalue weighted by molar-refractivity contribution is -0.204. The van der Waals surface area contributed by atoms with Crippen LogP contribution in [-0.2, 0) is 14.3 Å². The fraction of sp³-hybridized carbons (Fsp3) is 0.667. The molecule has 8 heteroatoms. The largest absolute Gasteiger partial charge is 0.490 e. The van der Waals surface area contributed by atoms with Crippen molar-refractivity contribution < 1.29 is 32.6 Å². The molecule has 0 aromatic rings. The van der Waals surface area contributed by atoms with Gasteiger partial charge in [0.15, 0.2) is 5.60 Å². The Morgan fingerprint density at radius 2 is 1.86 bits per heavy atom. The summed E-state index contributed by atoms with van der Waals surface area (Å²) in [5.41, 5.74) is 2.30. The predicted molar refractivity (Wildman–Crippen MR) is 36.8 cm³/mol. The first kappa shape index (κ1) is 12.7. The maximum Gasteiger partial charge on any atom is 0.490 e. The number of hydrogen-bond donors (Lipinski definition) is 2. The predicted octanol–water partition coefficient (Wildman–Crippen LogP) is -0.672. The van der Waals surface area contributed by atoms with Gasteiger partial charge in [-0.3, -0.25) is 4.79 Å². The fourth-order valence-electron chi connectivity index (χ4n) is 0.359. The van der Waals surface area contributed by atoms with Crippen molar-refractivity contribution in [1.82, 2.24) is 0 Å². The summed E-state index contributed by atoms with van der Waals surface area (Å²) >= 11 is 0. The van der Waals surface area contributed by atoms with Crippen LogP contribution in [0, 0.1) is 0 Å². The van der Waals surface area contributed by atoms with E-state index in [-0.39, 0.29) is 0 Å². The second-order valence-corrected chi connectivity index (χ2v) is 2.71. The highest BCUT2D eigenvalue weighted by molar-refractivity contribution is 5.83. The van der Waals surface area contributed by atoms with Gasteiger partial charge in [-0.25, -0.2) is 4.79 Å². The van der Waals surface area contributed by atoms with Crippen LogP contribution in [0.15, 0.2) is 0 Å². The van der Waals surface area contributed by atoms with E-state index in [1.807, 2.05) is 0 Å². The van der Waals surface area contributed by atoms with Gasteiger partial charge >= 0.3 is 12.1 Å². The molecule has 0 radical (unpaired) electrons. The lowest BCUT2D eigenvalue weighted by Crippen LogP contribution is -2.46. The van der Waals surface area contributed by atoms with E-state index in [1.165, 1.54) is 0 Å². The normalized spacial score (nSPS) is 15.8.